The van der Waals surface area contributed by atoms with E-state index in [1.807, 2.05) is 31.2 Å². The number of rotatable bonds is 3. The quantitative estimate of drug-likeness (QED) is 0.822. The summed E-state index contributed by atoms with van der Waals surface area (Å²) >= 11 is 0. The van der Waals surface area contributed by atoms with Crippen LogP contribution < -0.4 is 10.5 Å². The number of ether oxygens (including phenoxy) is 1. The average molecular weight is 231 g/mol. The fourth-order valence-electron chi connectivity index (χ4n) is 1.52. The summed E-state index contributed by atoms with van der Waals surface area (Å²) in [6.07, 6.45) is 0. The Morgan fingerprint density at radius 2 is 1.82 bits per heavy atom. The normalized spacial score (nSPS) is 10.2. The molecule has 0 fully saturated rings. The molecule has 0 spiro atoms. The standard InChI is InChI=1S/C14H14FNO/c1-10-5-7-11(8-6-10)9-17-14-12(15)3-2-4-13(14)16/h2-8H,9,16H2,1H3. The fraction of sp³-hybridized carbons (Fsp3) is 0.143. The summed E-state index contributed by atoms with van der Waals surface area (Å²) in [5.74, 6) is -0.315. The van der Waals surface area contributed by atoms with Gasteiger partial charge in [-0.05, 0) is 24.6 Å². The van der Waals surface area contributed by atoms with E-state index in [0.717, 1.165) is 5.56 Å². The largest absolute Gasteiger partial charge is 0.484 e. The van der Waals surface area contributed by atoms with Crippen molar-refractivity contribution in [2.45, 2.75) is 13.5 Å². The van der Waals surface area contributed by atoms with Crippen molar-refractivity contribution in [3.05, 3.63) is 59.4 Å². The van der Waals surface area contributed by atoms with Gasteiger partial charge in [-0.1, -0.05) is 35.9 Å². The van der Waals surface area contributed by atoms with Gasteiger partial charge in [-0.25, -0.2) is 4.39 Å². The first kappa shape index (κ1) is 11.5. The fourth-order valence-corrected chi connectivity index (χ4v) is 1.52. The van der Waals surface area contributed by atoms with Gasteiger partial charge < -0.3 is 10.5 Å². The lowest BCUT2D eigenvalue weighted by Crippen LogP contribution is -2.00. The number of nitrogen functional groups attached to an aromatic ring is 1. The lowest BCUT2D eigenvalue weighted by molar-refractivity contribution is 0.292. The first-order valence-corrected chi connectivity index (χ1v) is 5.39. The van der Waals surface area contributed by atoms with Crippen molar-refractivity contribution < 1.29 is 9.13 Å². The Labute approximate surface area is 99.8 Å². The summed E-state index contributed by atoms with van der Waals surface area (Å²) in [6.45, 7) is 2.32. The van der Waals surface area contributed by atoms with Gasteiger partial charge in [-0.3, -0.25) is 0 Å². The van der Waals surface area contributed by atoms with E-state index < -0.39 is 5.82 Å². The van der Waals surface area contributed by atoms with Crippen molar-refractivity contribution in [3.63, 3.8) is 0 Å². The summed E-state index contributed by atoms with van der Waals surface area (Å²) < 4.78 is 18.8. The van der Waals surface area contributed by atoms with E-state index in [1.165, 1.54) is 11.6 Å². The number of benzene rings is 2. The number of halogens is 1. The molecule has 0 bridgehead atoms. The van der Waals surface area contributed by atoms with Gasteiger partial charge in [0.1, 0.15) is 6.61 Å². The second-order valence-corrected chi connectivity index (χ2v) is 3.93. The Bertz CT molecular complexity index is 488. The second kappa shape index (κ2) is 4.87. The van der Waals surface area contributed by atoms with Gasteiger partial charge in [0, 0.05) is 0 Å². The Balaban J connectivity index is 2.10. The highest BCUT2D eigenvalue weighted by atomic mass is 19.1. The Morgan fingerprint density at radius 1 is 1.12 bits per heavy atom. The SMILES string of the molecule is Cc1ccc(COc2c(N)cccc2F)cc1. The highest BCUT2D eigenvalue weighted by Gasteiger charge is 2.07. The number of aryl methyl sites for hydroxylation is 1. The van der Waals surface area contributed by atoms with Crippen LogP contribution in [0.5, 0.6) is 5.75 Å². The molecule has 0 saturated heterocycles. The smallest absolute Gasteiger partial charge is 0.178 e. The molecular formula is C14H14FNO. The average Bonchev–Trinajstić information content (AvgIpc) is 2.31. The van der Waals surface area contributed by atoms with Crippen LogP contribution >= 0.6 is 0 Å². The van der Waals surface area contributed by atoms with Gasteiger partial charge >= 0.3 is 0 Å². The van der Waals surface area contributed by atoms with Crippen LogP contribution in [0.25, 0.3) is 0 Å². The van der Waals surface area contributed by atoms with Crippen molar-refractivity contribution >= 4 is 5.69 Å². The van der Waals surface area contributed by atoms with Crippen molar-refractivity contribution in [2.75, 3.05) is 5.73 Å². The zero-order valence-corrected chi connectivity index (χ0v) is 9.61. The monoisotopic (exact) mass is 231 g/mol. The van der Waals surface area contributed by atoms with Crippen LogP contribution in [-0.2, 0) is 6.61 Å². The maximum absolute atomic E-state index is 13.4. The highest BCUT2D eigenvalue weighted by molar-refractivity contribution is 5.52. The molecule has 0 aliphatic heterocycles. The van der Waals surface area contributed by atoms with Gasteiger partial charge in [0.15, 0.2) is 11.6 Å². The van der Waals surface area contributed by atoms with E-state index in [9.17, 15) is 4.39 Å². The lowest BCUT2D eigenvalue weighted by atomic mass is 10.2. The minimum absolute atomic E-state index is 0.119. The van der Waals surface area contributed by atoms with Crippen molar-refractivity contribution in [3.8, 4) is 5.75 Å². The number of nitrogens with two attached hydrogens (primary N) is 1. The molecule has 2 nitrogen and oxygen atoms in total. The Morgan fingerprint density at radius 3 is 2.47 bits per heavy atom. The van der Waals surface area contributed by atoms with Crippen LogP contribution in [0.3, 0.4) is 0 Å². The van der Waals surface area contributed by atoms with Crippen LogP contribution in [-0.4, -0.2) is 0 Å². The molecule has 2 rings (SSSR count). The van der Waals surface area contributed by atoms with E-state index >= 15 is 0 Å². The van der Waals surface area contributed by atoms with E-state index in [2.05, 4.69) is 0 Å². The Hall–Kier alpha value is -2.03. The van der Waals surface area contributed by atoms with Crippen LogP contribution in [0.1, 0.15) is 11.1 Å². The van der Waals surface area contributed by atoms with E-state index in [1.54, 1.807) is 12.1 Å². The third kappa shape index (κ3) is 2.75. The zero-order valence-electron chi connectivity index (χ0n) is 9.61. The lowest BCUT2D eigenvalue weighted by Gasteiger charge is -2.09. The summed E-state index contributed by atoms with van der Waals surface area (Å²) in [5, 5.41) is 0. The summed E-state index contributed by atoms with van der Waals surface area (Å²) in [7, 11) is 0. The maximum Gasteiger partial charge on any atom is 0.178 e. The van der Waals surface area contributed by atoms with Crippen LogP contribution in [0.15, 0.2) is 42.5 Å². The minimum Gasteiger partial charge on any atom is -0.484 e. The summed E-state index contributed by atoms with van der Waals surface area (Å²) in [4.78, 5) is 0. The molecule has 3 heteroatoms. The molecule has 0 aliphatic carbocycles. The first-order valence-electron chi connectivity index (χ1n) is 5.39. The van der Waals surface area contributed by atoms with E-state index in [0.29, 0.717) is 12.3 Å². The highest BCUT2D eigenvalue weighted by Crippen LogP contribution is 2.25. The number of hydrogen-bond acceptors (Lipinski definition) is 2. The van der Waals surface area contributed by atoms with E-state index in [-0.39, 0.29) is 5.75 Å². The molecule has 17 heavy (non-hydrogen) atoms. The van der Waals surface area contributed by atoms with Crippen LogP contribution in [0.2, 0.25) is 0 Å². The number of anilines is 1. The molecule has 0 unspecified atom stereocenters. The topological polar surface area (TPSA) is 35.2 Å². The van der Waals surface area contributed by atoms with Crippen molar-refractivity contribution in [1.82, 2.24) is 0 Å². The molecule has 0 aromatic heterocycles. The van der Waals surface area contributed by atoms with Crippen molar-refractivity contribution in [2.24, 2.45) is 0 Å². The first-order chi connectivity index (χ1) is 8.16. The Kier molecular flexibility index (Phi) is 3.28. The van der Waals surface area contributed by atoms with Gasteiger partial charge in [-0.15, -0.1) is 0 Å². The van der Waals surface area contributed by atoms with Crippen molar-refractivity contribution in [1.29, 1.82) is 0 Å². The summed E-state index contributed by atoms with van der Waals surface area (Å²) in [6, 6.07) is 12.4. The van der Waals surface area contributed by atoms with Crippen LogP contribution in [0, 0.1) is 12.7 Å². The summed E-state index contributed by atoms with van der Waals surface area (Å²) in [5.41, 5.74) is 8.13. The van der Waals surface area contributed by atoms with Gasteiger partial charge in [0.2, 0.25) is 0 Å². The molecule has 0 heterocycles. The maximum atomic E-state index is 13.4. The molecule has 0 aliphatic rings. The minimum atomic E-state index is -0.433. The molecule has 88 valence electrons. The molecule has 0 saturated carbocycles. The molecule has 0 amide bonds. The molecule has 2 aromatic rings. The predicted octanol–water partition coefficient (Wildman–Crippen LogP) is 3.30. The molecule has 2 N–H and O–H groups in total. The third-order valence-electron chi connectivity index (χ3n) is 2.50. The van der Waals surface area contributed by atoms with Gasteiger partial charge in [0.25, 0.3) is 0 Å². The van der Waals surface area contributed by atoms with Crippen LogP contribution in [0.4, 0.5) is 10.1 Å². The predicted molar refractivity (Wildman–Crippen MR) is 66.3 cm³/mol. The zero-order chi connectivity index (χ0) is 12.3. The molecular weight excluding hydrogens is 217 g/mol. The number of para-hydroxylation sites is 1. The van der Waals surface area contributed by atoms with Gasteiger partial charge in [-0.2, -0.15) is 0 Å². The van der Waals surface area contributed by atoms with E-state index in [4.69, 9.17) is 10.5 Å². The third-order valence-corrected chi connectivity index (χ3v) is 2.50. The number of hydrogen-bond donors (Lipinski definition) is 1. The second-order valence-electron chi connectivity index (χ2n) is 3.93. The molecule has 2 aromatic carbocycles. The van der Waals surface area contributed by atoms with Gasteiger partial charge in [0.05, 0.1) is 5.69 Å². The molecule has 0 atom stereocenters. The molecule has 0 radical (unpaired) electrons.